The fraction of sp³-hybridized carbons (Fsp3) is 0.846. The third kappa shape index (κ3) is 1.90. The molecule has 0 aliphatic carbocycles. The van der Waals surface area contributed by atoms with Gasteiger partial charge in [-0.1, -0.05) is 0 Å². The maximum absolute atomic E-state index is 12.6. The van der Waals surface area contributed by atoms with Gasteiger partial charge in [-0.25, -0.2) is 0 Å². The molecule has 3 aliphatic heterocycles. The first kappa shape index (κ1) is 12.0. The third-order valence-corrected chi connectivity index (χ3v) is 4.60. The van der Waals surface area contributed by atoms with Crippen LogP contribution in [0.5, 0.6) is 0 Å². The molecule has 5 heteroatoms. The zero-order valence-corrected chi connectivity index (χ0v) is 10.9. The van der Waals surface area contributed by atoms with Gasteiger partial charge in [-0.05, 0) is 25.8 Å². The molecular formula is C13H21N3O2. The van der Waals surface area contributed by atoms with Gasteiger partial charge in [-0.3, -0.25) is 9.59 Å². The quantitative estimate of drug-likeness (QED) is 0.703. The Kier molecular flexibility index (Phi) is 3.01. The Morgan fingerprint density at radius 1 is 1.28 bits per heavy atom. The Hall–Kier alpha value is -1.10. The molecule has 5 nitrogen and oxygen atoms in total. The lowest BCUT2D eigenvalue weighted by Gasteiger charge is -2.30. The topological polar surface area (TPSA) is 52.7 Å². The van der Waals surface area contributed by atoms with Gasteiger partial charge in [0.2, 0.25) is 11.8 Å². The highest BCUT2D eigenvalue weighted by atomic mass is 16.2. The second kappa shape index (κ2) is 4.53. The minimum Gasteiger partial charge on any atom is -0.345 e. The fourth-order valence-corrected chi connectivity index (χ4v) is 3.58. The van der Waals surface area contributed by atoms with Gasteiger partial charge in [0.1, 0.15) is 0 Å². The maximum Gasteiger partial charge on any atom is 0.228 e. The van der Waals surface area contributed by atoms with Crippen molar-refractivity contribution in [2.45, 2.75) is 37.8 Å². The summed E-state index contributed by atoms with van der Waals surface area (Å²) in [5.41, 5.74) is 0. The van der Waals surface area contributed by atoms with Crippen LogP contribution >= 0.6 is 0 Å². The number of likely N-dealkylation sites (tertiary alicyclic amines) is 1. The molecule has 18 heavy (non-hydrogen) atoms. The number of carbonyl (C=O) groups excluding carboxylic acids is 2. The molecule has 3 rings (SSSR count). The number of hydrogen-bond acceptors (Lipinski definition) is 3. The van der Waals surface area contributed by atoms with Crippen LogP contribution in [0.15, 0.2) is 0 Å². The van der Waals surface area contributed by atoms with E-state index >= 15 is 0 Å². The number of hydrogen-bond donors (Lipinski definition) is 1. The smallest absolute Gasteiger partial charge is 0.228 e. The van der Waals surface area contributed by atoms with E-state index in [9.17, 15) is 9.59 Å². The number of nitrogens with one attached hydrogen (secondary N) is 1. The molecule has 3 saturated heterocycles. The van der Waals surface area contributed by atoms with Gasteiger partial charge >= 0.3 is 0 Å². The van der Waals surface area contributed by atoms with Crippen molar-refractivity contribution in [3.63, 3.8) is 0 Å². The Morgan fingerprint density at radius 3 is 2.78 bits per heavy atom. The van der Waals surface area contributed by atoms with Crippen LogP contribution in [0.1, 0.15) is 25.7 Å². The van der Waals surface area contributed by atoms with Crippen molar-refractivity contribution in [2.75, 3.05) is 26.7 Å². The lowest BCUT2D eigenvalue weighted by atomic mass is 10.1. The summed E-state index contributed by atoms with van der Waals surface area (Å²) in [4.78, 5) is 28.0. The fourth-order valence-electron chi connectivity index (χ4n) is 3.58. The van der Waals surface area contributed by atoms with Crippen molar-refractivity contribution in [1.29, 1.82) is 0 Å². The van der Waals surface area contributed by atoms with Crippen molar-refractivity contribution < 1.29 is 9.59 Å². The Balaban J connectivity index is 1.74. The average molecular weight is 251 g/mol. The number of nitrogens with zero attached hydrogens (tertiary/aromatic N) is 2. The summed E-state index contributed by atoms with van der Waals surface area (Å²) in [6.07, 6.45) is 3.70. The maximum atomic E-state index is 12.6. The first-order chi connectivity index (χ1) is 8.66. The van der Waals surface area contributed by atoms with Gasteiger partial charge in [0, 0.05) is 38.6 Å². The lowest BCUT2D eigenvalue weighted by Crippen LogP contribution is -2.46. The van der Waals surface area contributed by atoms with Gasteiger partial charge < -0.3 is 15.1 Å². The second-order valence-corrected chi connectivity index (χ2v) is 5.80. The Morgan fingerprint density at radius 2 is 2.06 bits per heavy atom. The summed E-state index contributed by atoms with van der Waals surface area (Å²) in [5, 5.41) is 3.40. The molecule has 0 saturated carbocycles. The van der Waals surface area contributed by atoms with Crippen LogP contribution < -0.4 is 5.32 Å². The number of fused-ring (bicyclic) bond motifs is 2. The van der Waals surface area contributed by atoms with E-state index in [1.165, 1.54) is 0 Å². The molecule has 3 fully saturated rings. The molecule has 0 aromatic heterocycles. The number of rotatable bonds is 1. The highest BCUT2D eigenvalue weighted by Crippen LogP contribution is 2.31. The van der Waals surface area contributed by atoms with E-state index in [2.05, 4.69) is 10.2 Å². The Labute approximate surface area is 107 Å². The van der Waals surface area contributed by atoms with Crippen LogP contribution in [0, 0.1) is 5.92 Å². The SMILES string of the molecule is CN1CC(C(=O)N2C3CCNCC2CC3)CC1=O. The van der Waals surface area contributed by atoms with Crippen molar-refractivity contribution in [2.24, 2.45) is 5.92 Å². The van der Waals surface area contributed by atoms with Crippen LogP contribution in [0.2, 0.25) is 0 Å². The molecule has 0 aromatic carbocycles. The van der Waals surface area contributed by atoms with Crippen LogP contribution in [0.4, 0.5) is 0 Å². The van der Waals surface area contributed by atoms with Crippen LogP contribution in [0.25, 0.3) is 0 Å². The van der Waals surface area contributed by atoms with Crippen LogP contribution in [-0.4, -0.2) is 60.4 Å². The van der Waals surface area contributed by atoms with Crippen molar-refractivity contribution >= 4 is 11.8 Å². The van der Waals surface area contributed by atoms with Gasteiger partial charge in [-0.15, -0.1) is 0 Å². The molecule has 2 amide bonds. The molecule has 100 valence electrons. The van der Waals surface area contributed by atoms with E-state index < -0.39 is 0 Å². The first-order valence-electron chi connectivity index (χ1n) is 6.93. The first-order valence-corrected chi connectivity index (χ1v) is 6.93. The molecule has 0 aromatic rings. The van der Waals surface area contributed by atoms with Gasteiger partial charge in [0.05, 0.1) is 5.92 Å². The van der Waals surface area contributed by atoms with E-state index in [0.29, 0.717) is 25.0 Å². The van der Waals surface area contributed by atoms with Gasteiger partial charge in [0.25, 0.3) is 0 Å². The molecule has 3 atom stereocenters. The summed E-state index contributed by atoms with van der Waals surface area (Å²) in [6, 6.07) is 0.754. The summed E-state index contributed by atoms with van der Waals surface area (Å²) in [7, 11) is 1.79. The minimum absolute atomic E-state index is 0.105. The Bertz CT molecular complexity index is 357. The monoisotopic (exact) mass is 251 g/mol. The second-order valence-electron chi connectivity index (χ2n) is 5.80. The normalized spacial score (nSPS) is 36.1. The molecule has 1 N–H and O–H groups in total. The highest BCUT2D eigenvalue weighted by molar-refractivity contribution is 5.89. The number of carbonyl (C=O) groups is 2. The summed E-state index contributed by atoms with van der Waals surface area (Å²) < 4.78 is 0. The standard InChI is InChI=1S/C13H21N3O2/c1-15-8-9(6-12(15)17)13(18)16-10-2-3-11(16)7-14-5-4-10/h9-11,14H,2-8H2,1H3. The molecule has 3 unspecified atom stereocenters. The third-order valence-electron chi connectivity index (χ3n) is 4.60. The molecule has 2 bridgehead atoms. The summed E-state index contributed by atoms with van der Waals surface area (Å²) >= 11 is 0. The highest BCUT2D eigenvalue weighted by Gasteiger charge is 2.43. The molecule has 3 aliphatic rings. The van der Waals surface area contributed by atoms with Crippen molar-refractivity contribution in [3.05, 3.63) is 0 Å². The van der Waals surface area contributed by atoms with E-state index in [-0.39, 0.29) is 17.7 Å². The largest absolute Gasteiger partial charge is 0.345 e. The van der Waals surface area contributed by atoms with Crippen molar-refractivity contribution in [3.8, 4) is 0 Å². The van der Waals surface area contributed by atoms with Crippen molar-refractivity contribution in [1.82, 2.24) is 15.1 Å². The van der Waals surface area contributed by atoms with E-state index in [0.717, 1.165) is 32.4 Å². The van der Waals surface area contributed by atoms with Gasteiger partial charge in [-0.2, -0.15) is 0 Å². The zero-order chi connectivity index (χ0) is 12.7. The molecule has 3 heterocycles. The summed E-state index contributed by atoms with van der Waals surface area (Å²) in [6.45, 7) is 2.52. The van der Waals surface area contributed by atoms with Gasteiger partial charge in [0.15, 0.2) is 0 Å². The minimum atomic E-state index is -0.108. The summed E-state index contributed by atoms with van der Waals surface area (Å²) in [5.74, 6) is 0.209. The molecule has 0 spiro atoms. The predicted molar refractivity (Wildman–Crippen MR) is 66.9 cm³/mol. The van der Waals surface area contributed by atoms with Crippen LogP contribution in [0.3, 0.4) is 0 Å². The number of amides is 2. The van der Waals surface area contributed by atoms with E-state index in [1.54, 1.807) is 11.9 Å². The predicted octanol–water partition coefficient (Wildman–Crippen LogP) is -0.182. The van der Waals surface area contributed by atoms with E-state index in [4.69, 9.17) is 0 Å². The molecular weight excluding hydrogens is 230 g/mol. The zero-order valence-electron chi connectivity index (χ0n) is 10.9. The lowest BCUT2D eigenvalue weighted by molar-refractivity contribution is -0.138. The molecule has 0 radical (unpaired) electrons. The van der Waals surface area contributed by atoms with E-state index in [1.807, 2.05) is 0 Å². The average Bonchev–Trinajstić information content (AvgIpc) is 2.78. The van der Waals surface area contributed by atoms with Crippen LogP contribution in [-0.2, 0) is 9.59 Å².